The van der Waals surface area contributed by atoms with E-state index >= 15 is 0 Å². The third-order valence-corrected chi connectivity index (χ3v) is 2.41. The molecule has 0 aliphatic rings. The highest BCUT2D eigenvalue weighted by molar-refractivity contribution is 5.57. The molecule has 4 nitrogen and oxygen atoms in total. The number of hydrogen-bond acceptors (Lipinski definition) is 4. The van der Waals surface area contributed by atoms with E-state index in [1.807, 2.05) is 32.9 Å². The van der Waals surface area contributed by atoms with Crippen LogP contribution in [0.15, 0.2) is 22.7 Å². The lowest BCUT2D eigenvalue weighted by Crippen LogP contribution is -1.89. The van der Waals surface area contributed by atoms with Crippen molar-refractivity contribution < 1.29 is 9.63 Å². The van der Waals surface area contributed by atoms with Gasteiger partial charge in [-0.05, 0) is 24.6 Å². The zero-order valence-electron chi connectivity index (χ0n) is 9.56. The maximum Gasteiger partial charge on any atom is 0.258 e. The van der Waals surface area contributed by atoms with Crippen LogP contribution in [0.5, 0.6) is 5.75 Å². The van der Waals surface area contributed by atoms with E-state index in [-0.39, 0.29) is 11.7 Å². The predicted octanol–water partition coefficient (Wildman–Crippen LogP) is 2.87. The molecule has 0 aliphatic heterocycles. The zero-order chi connectivity index (χ0) is 11.7. The fraction of sp³-hybridized carbons (Fsp3) is 0.333. The number of phenolic OH excluding ortho intramolecular Hbond substituents is 1. The van der Waals surface area contributed by atoms with Crippen LogP contribution in [-0.4, -0.2) is 15.2 Å². The number of benzene rings is 1. The third-order valence-electron chi connectivity index (χ3n) is 2.41. The lowest BCUT2D eigenvalue weighted by atomic mass is 10.1. The van der Waals surface area contributed by atoms with Crippen molar-refractivity contribution in [2.45, 2.75) is 26.7 Å². The second-order valence-electron chi connectivity index (χ2n) is 4.11. The Morgan fingerprint density at radius 2 is 2.06 bits per heavy atom. The highest BCUT2D eigenvalue weighted by atomic mass is 16.5. The summed E-state index contributed by atoms with van der Waals surface area (Å²) >= 11 is 0. The molecular weight excluding hydrogens is 204 g/mol. The van der Waals surface area contributed by atoms with Crippen molar-refractivity contribution in [1.82, 2.24) is 10.1 Å². The predicted molar refractivity (Wildman–Crippen MR) is 60.2 cm³/mol. The molecule has 0 amide bonds. The van der Waals surface area contributed by atoms with E-state index in [0.717, 1.165) is 11.1 Å². The molecule has 0 atom stereocenters. The summed E-state index contributed by atoms with van der Waals surface area (Å²) in [7, 11) is 0. The van der Waals surface area contributed by atoms with Gasteiger partial charge in [-0.1, -0.05) is 25.1 Å². The Labute approximate surface area is 93.9 Å². The molecule has 0 spiro atoms. The molecule has 2 aromatic rings. The molecule has 16 heavy (non-hydrogen) atoms. The van der Waals surface area contributed by atoms with Crippen LogP contribution in [0.2, 0.25) is 0 Å². The van der Waals surface area contributed by atoms with E-state index in [1.165, 1.54) is 0 Å². The maximum atomic E-state index is 9.59. The fourth-order valence-corrected chi connectivity index (χ4v) is 1.33. The first-order valence-corrected chi connectivity index (χ1v) is 5.21. The molecule has 4 heteroatoms. The third kappa shape index (κ3) is 1.91. The molecular formula is C12H14N2O2. The normalized spacial score (nSPS) is 11.0. The SMILES string of the molecule is Cc1ccc(-c2nc(C(C)C)no2)cc1O. The van der Waals surface area contributed by atoms with Crippen molar-refractivity contribution in [1.29, 1.82) is 0 Å². The lowest BCUT2D eigenvalue weighted by molar-refractivity contribution is 0.418. The van der Waals surface area contributed by atoms with Crippen LogP contribution in [0.4, 0.5) is 0 Å². The monoisotopic (exact) mass is 218 g/mol. The molecule has 1 N–H and O–H groups in total. The summed E-state index contributed by atoms with van der Waals surface area (Å²) < 4.78 is 5.13. The first kappa shape index (κ1) is 10.7. The summed E-state index contributed by atoms with van der Waals surface area (Å²) in [4.78, 5) is 4.26. The Morgan fingerprint density at radius 3 is 2.62 bits per heavy atom. The van der Waals surface area contributed by atoms with E-state index < -0.39 is 0 Å². The van der Waals surface area contributed by atoms with Crippen LogP contribution in [0.1, 0.15) is 31.2 Å². The Hall–Kier alpha value is -1.84. The van der Waals surface area contributed by atoms with E-state index in [1.54, 1.807) is 6.07 Å². The number of phenols is 1. The second kappa shape index (κ2) is 3.96. The summed E-state index contributed by atoms with van der Waals surface area (Å²) in [5.74, 6) is 1.59. The van der Waals surface area contributed by atoms with Crippen molar-refractivity contribution in [3.8, 4) is 17.2 Å². The Balaban J connectivity index is 2.39. The average molecular weight is 218 g/mol. The van der Waals surface area contributed by atoms with Crippen molar-refractivity contribution >= 4 is 0 Å². The van der Waals surface area contributed by atoms with Gasteiger partial charge < -0.3 is 9.63 Å². The highest BCUT2D eigenvalue weighted by Gasteiger charge is 2.12. The molecule has 2 rings (SSSR count). The number of aromatic hydroxyl groups is 1. The topological polar surface area (TPSA) is 59.2 Å². The maximum absolute atomic E-state index is 9.59. The van der Waals surface area contributed by atoms with Crippen LogP contribution < -0.4 is 0 Å². The van der Waals surface area contributed by atoms with E-state index in [2.05, 4.69) is 10.1 Å². The van der Waals surface area contributed by atoms with E-state index in [4.69, 9.17) is 4.52 Å². The molecule has 0 saturated heterocycles. The second-order valence-corrected chi connectivity index (χ2v) is 4.11. The van der Waals surface area contributed by atoms with Crippen LogP contribution in [0, 0.1) is 6.92 Å². The van der Waals surface area contributed by atoms with Crippen LogP contribution in [0.3, 0.4) is 0 Å². The van der Waals surface area contributed by atoms with Crippen LogP contribution in [0.25, 0.3) is 11.5 Å². The van der Waals surface area contributed by atoms with Gasteiger partial charge in [0.15, 0.2) is 5.82 Å². The number of aromatic nitrogens is 2. The van der Waals surface area contributed by atoms with Crippen molar-refractivity contribution in [2.24, 2.45) is 0 Å². The first-order chi connectivity index (χ1) is 7.58. The zero-order valence-corrected chi connectivity index (χ0v) is 9.56. The molecule has 0 saturated carbocycles. The molecule has 0 aliphatic carbocycles. The molecule has 1 aromatic heterocycles. The van der Waals surface area contributed by atoms with Crippen LogP contribution in [-0.2, 0) is 0 Å². The van der Waals surface area contributed by atoms with Gasteiger partial charge in [-0.15, -0.1) is 0 Å². The minimum Gasteiger partial charge on any atom is -0.508 e. The fourth-order valence-electron chi connectivity index (χ4n) is 1.33. The summed E-state index contributed by atoms with van der Waals surface area (Å²) in [5.41, 5.74) is 1.56. The van der Waals surface area contributed by atoms with Crippen molar-refractivity contribution in [3.63, 3.8) is 0 Å². The average Bonchev–Trinajstić information content (AvgIpc) is 2.71. The quantitative estimate of drug-likeness (QED) is 0.842. The molecule has 84 valence electrons. The van der Waals surface area contributed by atoms with Crippen molar-refractivity contribution in [2.75, 3.05) is 0 Å². The van der Waals surface area contributed by atoms with Crippen molar-refractivity contribution in [3.05, 3.63) is 29.6 Å². The largest absolute Gasteiger partial charge is 0.508 e. The molecule has 1 heterocycles. The minimum absolute atomic E-state index is 0.233. The number of aryl methyl sites for hydroxylation is 1. The van der Waals surface area contributed by atoms with Gasteiger partial charge in [-0.2, -0.15) is 4.98 Å². The molecule has 0 fully saturated rings. The van der Waals surface area contributed by atoms with Crippen LogP contribution >= 0.6 is 0 Å². The molecule has 1 aromatic carbocycles. The van der Waals surface area contributed by atoms with Gasteiger partial charge >= 0.3 is 0 Å². The Bertz CT molecular complexity index is 503. The number of hydrogen-bond donors (Lipinski definition) is 1. The number of nitrogens with zero attached hydrogens (tertiary/aromatic N) is 2. The molecule has 0 unspecified atom stereocenters. The lowest BCUT2D eigenvalue weighted by Gasteiger charge is -1.99. The summed E-state index contributed by atoms with van der Waals surface area (Å²) in [6.07, 6.45) is 0. The van der Waals surface area contributed by atoms with Gasteiger partial charge in [0, 0.05) is 11.5 Å². The number of rotatable bonds is 2. The Morgan fingerprint density at radius 1 is 1.31 bits per heavy atom. The van der Waals surface area contributed by atoms with Gasteiger partial charge in [0.1, 0.15) is 5.75 Å². The van der Waals surface area contributed by atoms with E-state index in [9.17, 15) is 5.11 Å². The van der Waals surface area contributed by atoms with Gasteiger partial charge in [-0.25, -0.2) is 0 Å². The summed E-state index contributed by atoms with van der Waals surface area (Å²) in [6, 6.07) is 5.31. The van der Waals surface area contributed by atoms with Gasteiger partial charge in [0.05, 0.1) is 0 Å². The molecule has 0 bridgehead atoms. The first-order valence-electron chi connectivity index (χ1n) is 5.21. The minimum atomic E-state index is 0.233. The highest BCUT2D eigenvalue weighted by Crippen LogP contribution is 2.25. The summed E-state index contributed by atoms with van der Waals surface area (Å²) in [5, 5.41) is 13.5. The van der Waals surface area contributed by atoms with Gasteiger partial charge in [-0.3, -0.25) is 0 Å². The standard InChI is InChI=1S/C12H14N2O2/c1-7(2)11-13-12(16-14-11)9-5-4-8(3)10(15)6-9/h4-7,15H,1-3H3. The van der Waals surface area contributed by atoms with Gasteiger partial charge in [0.2, 0.25) is 0 Å². The van der Waals surface area contributed by atoms with E-state index in [0.29, 0.717) is 11.7 Å². The smallest absolute Gasteiger partial charge is 0.258 e. The summed E-state index contributed by atoms with van der Waals surface area (Å²) in [6.45, 7) is 5.84. The van der Waals surface area contributed by atoms with Gasteiger partial charge in [0.25, 0.3) is 5.89 Å². The Kier molecular flexibility index (Phi) is 2.64. The molecule has 0 radical (unpaired) electrons.